The molecule has 0 spiro atoms. The second-order valence-electron chi connectivity index (χ2n) is 4.14. The zero-order valence-corrected chi connectivity index (χ0v) is 8.70. The van der Waals surface area contributed by atoms with Crippen molar-refractivity contribution in [2.75, 3.05) is 5.73 Å². The number of rotatable bonds is 4. The number of hydrogen-bond acceptors (Lipinski definition) is 3. The molecule has 0 unspecified atom stereocenters. The maximum absolute atomic E-state index is 8.81. The lowest BCUT2D eigenvalue weighted by Gasteiger charge is -2.14. The Morgan fingerprint density at radius 2 is 2.36 bits per heavy atom. The zero-order chi connectivity index (χ0) is 10.6. The van der Waals surface area contributed by atoms with Crippen LogP contribution in [0.5, 0.6) is 0 Å². The molecule has 0 amide bonds. The molecular formula is C10H16N4. The molecule has 0 radical (unpaired) electrons. The van der Waals surface area contributed by atoms with E-state index >= 15 is 0 Å². The molecule has 0 saturated heterocycles. The first kappa shape index (κ1) is 10.6. The van der Waals surface area contributed by atoms with Crippen molar-refractivity contribution in [2.24, 2.45) is 5.41 Å². The Hall–Kier alpha value is -1.50. The van der Waals surface area contributed by atoms with Crippen LogP contribution in [0.3, 0.4) is 0 Å². The summed E-state index contributed by atoms with van der Waals surface area (Å²) in [5.41, 5.74) is 5.25. The van der Waals surface area contributed by atoms with E-state index in [-0.39, 0.29) is 5.41 Å². The van der Waals surface area contributed by atoms with Crippen LogP contribution in [-0.2, 0) is 6.54 Å². The molecule has 0 bridgehead atoms. The zero-order valence-electron chi connectivity index (χ0n) is 8.70. The number of nitrogens with zero attached hydrogens (tertiary/aromatic N) is 3. The van der Waals surface area contributed by atoms with E-state index in [0.717, 1.165) is 19.4 Å². The monoisotopic (exact) mass is 192 g/mol. The lowest BCUT2D eigenvalue weighted by Crippen LogP contribution is -2.09. The molecule has 1 heterocycles. The van der Waals surface area contributed by atoms with Gasteiger partial charge >= 0.3 is 0 Å². The summed E-state index contributed by atoms with van der Waals surface area (Å²) in [5.74, 6) is 0.546. The average Bonchev–Trinajstić information content (AvgIpc) is 2.51. The summed E-state index contributed by atoms with van der Waals surface area (Å²) in [6, 6.07) is 2.28. The summed E-state index contributed by atoms with van der Waals surface area (Å²) in [6.07, 6.45) is 5.38. The van der Waals surface area contributed by atoms with Crippen LogP contribution in [-0.4, -0.2) is 9.55 Å². The number of nitrogen functional groups attached to an aromatic ring is 1. The maximum atomic E-state index is 8.81. The highest BCUT2D eigenvalue weighted by atomic mass is 15.1. The van der Waals surface area contributed by atoms with Crippen molar-refractivity contribution in [1.82, 2.24) is 9.55 Å². The first-order chi connectivity index (χ1) is 6.53. The van der Waals surface area contributed by atoms with Crippen molar-refractivity contribution < 1.29 is 0 Å². The van der Waals surface area contributed by atoms with Gasteiger partial charge in [0.15, 0.2) is 0 Å². The van der Waals surface area contributed by atoms with Gasteiger partial charge < -0.3 is 10.3 Å². The molecule has 4 heteroatoms. The average molecular weight is 192 g/mol. The number of nitrogens with two attached hydrogens (primary N) is 1. The fourth-order valence-corrected chi connectivity index (χ4v) is 1.26. The Kier molecular flexibility index (Phi) is 3.13. The van der Waals surface area contributed by atoms with Gasteiger partial charge in [-0.2, -0.15) is 5.26 Å². The van der Waals surface area contributed by atoms with Crippen molar-refractivity contribution in [3.8, 4) is 6.07 Å². The second-order valence-corrected chi connectivity index (χ2v) is 4.14. The van der Waals surface area contributed by atoms with E-state index in [4.69, 9.17) is 11.0 Å². The van der Waals surface area contributed by atoms with Gasteiger partial charge in [-0.1, -0.05) is 0 Å². The van der Waals surface area contributed by atoms with E-state index in [1.807, 2.05) is 18.4 Å². The van der Waals surface area contributed by atoms with Crippen LogP contribution in [0.1, 0.15) is 26.7 Å². The summed E-state index contributed by atoms with van der Waals surface area (Å²) in [4.78, 5) is 3.93. The molecule has 1 aromatic heterocycles. The normalized spacial score (nSPS) is 11.2. The largest absolute Gasteiger partial charge is 0.382 e. The Morgan fingerprint density at radius 1 is 1.64 bits per heavy atom. The standard InChI is InChI=1S/C10H16N4/c1-10(2,7-11)4-3-5-14-6-9(12)13-8-14/h6,8H,3-5,12H2,1-2H3. The molecule has 0 saturated carbocycles. The van der Waals surface area contributed by atoms with Crippen LogP contribution in [0.4, 0.5) is 5.82 Å². The fourth-order valence-electron chi connectivity index (χ4n) is 1.26. The van der Waals surface area contributed by atoms with E-state index in [2.05, 4.69) is 11.1 Å². The summed E-state index contributed by atoms with van der Waals surface area (Å²) in [5, 5.41) is 8.81. The fraction of sp³-hybridized carbons (Fsp3) is 0.600. The number of aryl methyl sites for hydroxylation is 1. The quantitative estimate of drug-likeness (QED) is 0.790. The molecule has 0 fully saturated rings. The van der Waals surface area contributed by atoms with Crippen molar-refractivity contribution >= 4 is 5.82 Å². The van der Waals surface area contributed by atoms with E-state index in [1.165, 1.54) is 0 Å². The maximum Gasteiger partial charge on any atom is 0.141 e. The van der Waals surface area contributed by atoms with Gasteiger partial charge in [-0.05, 0) is 26.7 Å². The summed E-state index contributed by atoms with van der Waals surface area (Å²) in [7, 11) is 0. The van der Waals surface area contributed by atoms with Gasteiger partial charge in [-0.3, -0.25) is 0 Å². The number of nitriles is 1. The van der Waals surface area contributed by atoms with Gasteiger partial charge in [0.1, 0.15) is 5.82 Å². The lowest BCUT2D eigenvalue weighted by molar-refractivity contribution is 0.415. The predicted molar refractivity (Wildman–Crippen MR) is 55.3 cm³/mol. The Labute approximate surface area is 84.4 Å². The van der Waals surface area contributed by atoms with Gasteiger partial charge in [0.2, 0.25) is 0 Å². The van der Waals surface area contributed by atoms with E-state index in [1.54, 1.807) is 12.5 Å². The molecule has 1 aromatic rings. The Balaban J connectivity index is 2.33. The van der Waals surface area contributed by atoms with Crippen LogP contribution in [0, 0.1) is 16.7 Å². The second kappa shape index (κ2) is 4.14. The minimum absolute atomic E-state index is 0.230. The number of anilines is 1. The number of aromatic nitrogens is 2. The van der Waals surface area contributed by atoms with Crippen LogP contribution in [0.15, 0.2) is 12.5 Å². The third-order valence-electron chi connectivity index (χ3n) is 2.17. The molecule has 0 aliphatic carbocycles. The Bertz CT molecular complexity index is 332. The molecule has 0 aliphatic rings. The topological polar surface area (TPSA) is 67.6 Å². The highest BCUT2D eigenvalue weighted by Gasteiger charge is 2.15. The van der Waals surface area contributed by atoms with Gasteiger partial charge in [0, 0.05) is 12.7 Å². The highest BCUT2D eigenvalue weighted by Crippen LogP contribution is 2.20. The van der Waals surface area contributed by atoms with Crippen LogP contribution >= 0.6 is 0 Å². The number of hydrogen-bond donors (Lipinski definition) is 1. The SMILES string of the molecule is CC(C)(C#N)CCCn1cnc(N)c1. The van der Waals surface area contributed by atoms with Crippen molar-refractivity contribution in [1.29, 1.82) is 5.26 Å². The van der Waals surface area contributed by atoms with Crippen molar-refractivity contribution in [3.05, 3.63) is 12.5 Å². The molecule has 0 atom stereocenters. The van der Waals surface area contributed by atoms with Gasteiger partial charge in [0.25, 0.3) is 0 Å². The van der Waals surface area contributed by atoms with E-state index in [0.29, 0.717) is 5.82 Å². The van der Waals surface area contributed by atoms with Crippen LogP contribution in [0.25, 0.3) is 0 Å². The number of imidazole rings is 1. The van der Waals surface area contributed by atoms with Crippen molar-refractivity contribution in [3.63, 3.8) is 0 Å². The first-order valence-corrected chi connectivity index (χ1v) is 4.72. The molecule has 14 heavy (non-hydrogen) atoms. The molecular weight excluding hydrogens is 176 g/mol. The summed E-state index contributed by atoms with van der Waals surface area (Å²) < 4.78 is 1.95. The highest BCUT2D eigenvalue weighted by molar-refractivity contribution is 5.22. The smallest absolute Gasteiger partial charge is 0.141 e. The van der Waals surface area contributed by atoms with Gasteiger partial charge in [0.05, 0.1) is 17.8 Å². The minimum atomic E-state index is -0.230. The van der Waals surface area contributed by atoms with Crippen LogP contribution in [0.2, 0.25) is 0 Å². The van der Waals surface area contributed by atoms with Crippen LogP contribution < -0.4 is 5.73 Å². The predicted octanol–water partition coefficient (Wildman–Crippen LogP) is 1.80. The molecule has 0 aliphatic heterocycles. The first-order valence-electron chi connectivity index (χ1n) is 4.72. The van der Waals surface area contributed by atoms with Crippen molar-refractivity contribution in [2.45, 2.75) is 33.2 Å². The van der Waals surface area contributed by atoms with E-state index < -0.39 is 0 Å². The molecule has 76 valence electrons. The van der Waals surface area contributed by atoms with Gasteiger partial charge in [-0.15, -0.1) is 0 Å². The lowest BCUT2D eigenvalue weighted by atomic mass is 9.90. The third kappa shape index (κ3) is 3.09. The molecule has 2 N–H and O–H groups in total. The molecule has 4 nitrogen and oxygen atoms in total. The summed E-state index contributed by atoms with van der Waals surface area (Å²) >= 11 is 0. The summed E-state index contributed by atoms with van der Waals surface area (Å²) in [6.45, 7) is 4.78. The Morgan fingerprint density at radius 3 is 2.86 bits per heavy atom. The van der Waals surface area contributed by atoms with E-state index in [9.17, 15) is 0 Å². The molecule has 0 aromatic carbocycles. The minimum Gasteiger partial charge on any atom is -0.382 e. The third-order valence-corrected chi connectivity index (χ3v) is 2.17. The molecule has 1 rings (SSSR count). The van der Waals surface area contributed by atoms with Gasteiger partial charge in [-0.25, -0.2) is 4.98 Å².